The van der Waals surface area contributed by atoms with E-state index in [1.54, 1.807) is 6.20 Å². The number of nitrogens with zero attached hydrogens (tertiary/aromatic N) is 2. The van der Waals surface area contributed by atoms with Crippen LogP contribution < -0.4 is 0 Å². The number of imidazole rings is 1. The van der Waals surface area contributed by atoms with Gasteiger partial charge in [0.2, 0.25) is 0 Å². The van der Waals surface area contributed by atoms with Gasteiger partial charge in [0.05, 0.1) is 6.54 Å². The minimum absolute atomic E-state index is 0.665. The quantitative estimate of drug-likeness (QED) is 0.881. The van der Waals surface area contributed by atoms with Gasteiger partial charge < -0.3 is 10.1 Å². The molecule has 1 aromatic carbocycles. The van der Waals surface area contributed by atoms with E-state index in [2.05, 4.69) is 27.9 Å². The van der Waals surface area contributed by atoms with E-state index in [-0.39, 0.29) is 0 Å². The van der Waals surface area contributed by atoms with Crippen LogP contribution in [-0.2, 0) is 12.1 Å². The van der Waals surface area contributed by atoms with Gasteiger partial charge in [-0.05, 0) is 24.5 Å². The lowest BCUT2D eigenvalue weighted by Gasteiger charge is -2.25. The number of aliphatic hydroxyl groups is 1. The average Bonchev–Trinajstić information content (AvgIpc) is 3.01. The molecule has 100 valence electrons. The standard InChI is InChI=1S/C15H19N3O/c1-12-4-2-3-5-13(12)15(19)6-9-18(11-15)10-14-16-7-8-17-14/h2-5,7-8,19H,6,9-11H2,1H3,(H,16,17)/t15-/m1/s1. The minimum Gasteiger partial charge on any atom is -0.384 e. The second-order valence-corrected chi connectivity index (χ2v) is 5.34. The molecule has 0 amide bonds. The molecule has 3 rings (SSSR count). The van der Waals surface area contributed by atoms with Crippen molar-refractivity contribution in [3.05, 3.63) is 53.6 Å². The zero-order valence-electron chi connectivity index (χ0n) is 11.1. The van der Waals surface area contributed by atoms with Gasteiger partial charge in [-0.15, -0.1) is 0 Å². The lowest BCUT2D eigenvalue weighted by molar-refractivity contribution is 0.0444. The van der Waals surface area contributed by atoms with Crippen LogP contribution in [0.4, 0.5) is 0 Å². The third-order valence-electron chi connectivity index (χ3n) is 3.90. The van der Waals surface area contributed by atoms with E-state index in [1.165, 1.54) is 0 Å². The highest BCUT2D eigenvalue weighted by molar-refractivity contribution is 5.32. The third-order valence-corrected chi connectivity index (χ3v) is 3.90. The van der Waals surface area contributed by atoms with Crippen molar-refractivity contribution in [1.82, 2.24) is 14.9 Å². The molecule has 2 heterocycles. The van der Waals surface area contributed by atoms with Crippen LogP contribution in [0.15, 0.2) is 36.7 Å². The van der Waals surface area contributed by atoms with Gasteiger partial charge >= 0.3 is 0 Å². The van der Waals surface area contributed by atoms with Crippen LogP contribution in [0.2, 0.25) is 0 Å². The van der Waals surface area contributed by atoms with E-state index in [9.17, 15) is 5.11 Å². The summed E-state index contributed by atoms with van der Waals surface area (Å²) in [6.45, 7) is 4.38. The molecule has 0 unspecified atom stereocenters. The van der Waals surface area contributed by atoms with Gasteiger partial charge in [0.25, 0.3) is 0 Å². The van der Waals surface area contributed by atoms with Crippen molar-refractivity contribution in [3.63, 3.8) is 0 Å². The summed E-state index contributed by atoms with van der Waals surface area (Å²) in [5, 5.41) is 10.9. The minimum atomic E-state index is -0.724. The Balaban J connectivity index is 1.75. The first kappa shape index (κ1) is 12.4. The maximum Gasteiger partial charge on any atom is 0.120 e. The number of nitrogens with one attached hydrogen (secondary N) is 1. The summed E-state index contributed by atoms with van der Waals surface area (Å²) in [5.41, 5.74) is 1.49. The van der Waals surface area contributed by atoms with Crippen molar-refractivity contribution in [2.75, 3.05) is 13.1 Å². The molecule has 1 fully saturated rings. The molecule has 0 saturated carbocycles. The number of H-pyrrole nitrogens is 1. The largest absolute Gasteiger partial charge is 0.384 e. The molecule has 2 aromatic rings. The molecule has 4 heteroatoms. The van der Waals surface area contributed by atoms with E-state index in [4.69, 9.17) is 0 Å². The third kappa shape index (κ3) is 2.41. The fourth-order valence-electron chi connectivity index (χ4n) is 2.92. The van der Waals surface area contributed by atoms with Crippen LogP contribution in [0.25, 0.3) is 0 Å². The molecular weight excluding hydrogens is 238 g/mol. The number of aryl methyl sites for hydroxylation is 1. The second kappa shape index (κ2) is 4.79. The SMILES string of the molecule is Cc1ccccc1[C@@]1(O)CCN(Cc2ncc[nH]2)C1. The molecule has 4 nitrogen and oxygen atoms in total. The molecule has 0 radical (unpaired) electrons. The van der Waals surface area contributed by atoms with Crippen LogP contribution in [0.1, 0.15) is 23.4 Å². The maximum atomic E-state index is 10.9. The molecule has 1 aliphatic heterocycles. The monoisotopic (exact) mass is 257 g/mol. The number of aromatic amines is 1. The molecule has 0 bridgehead atoms. The number of rotatable bonds is 3. The van der Waals surface area contributed by atoms with Crippen molar-refractivity contribution < 1.29 is 5.11 Å². The zero-order valence-corrected chi connectivity index (χ0v) is 11.1. The predicted molar refractivity (Wildman–Crippen MR) is 73.6 cm³/mol. The fraction of sp³-hybridized carbons (Fsp3) is 0.400. The maximum absolute atomic E-state index is 10.9. The normalized spacial score (nSPS) is 23.9. The summed E-state index contributed by atoms with van der Waals surface area (Å²) in [6.07, 6.45) is 4.37. The van der Waals surface area contributed by atoms with E-state index >= 15 is 0 Å². The number of aromatic nitrogens is 2. The number of benzene rings is 1. The van der Waals surface area contributed by atoms with Gasteiger partial charge in [0.1, 0.15) is 11.4 Å². The number of likely N-dealkylation sites (tertiary alicyclic amines) is 1. The smallest absolute Gasteiger partial charge is 0.120 e. The number of hydrogen-bond donors (Lipinski definition) is 2. The molecule has 0 spiro atoms. The van der Waals surface area contributed by atoms with Gasteiger partial charge in [0, 0.05) is 25.5 Å². The Bertz CT molecular complexity index is 552. The average molecular weight is 257 g/mol. The van der Waals surface area contributed by atoms with Gasteiger partial charge in [-0.3, -0.25) is 4.90 Å². The molecule has 1 aromatic heterocycles. The van der Waals surface area contributed by atoms with Gasteiger partial charge in [0.15, 0.2) is 0 Å². The van der Waals surface area contributed by atoms with E-state index in [0.717, 1.165) is 36.5 Å². The summed E-state index contributed by atoms with van der Waals surface area (Å²) >= 11 is 0. The van der Waals surface area contributed by atoms with Crippen LogP contribution in [0.5, 0.6) is 0 Å². The van der Waals surface area contributed by atoms with Crippen molar-refractivity contribution in [2.24, 2.45) is 0 Å². The van der Waals surface area contributed by atoms with Crippen molar-refractivity contribution in [1.29, 1.82) is 0 Å². The van der Waals surface area contributed by atoms with Gasteiger partial charge in [-0.1, -0.05) is 24.3 Å². The van der Waals surface area contributed by atoms with Crippen molar-refractivity contribution in [2.45, 2.75) is 25.5 Å². The summed E-state index contributed by atoms with van der Waals surface area (Å²) in [7, 11) is 0. The predicted octanol–water partition coefficient (Wildman–Crippen LogP) is 1.81. The first-order chi connectivity index (χ1) is 9.17. The molecule has 1 saturated heterocycles. The summed E-state index contributed by atoms with van der Waals surface area (Å²) in [5.74, 6) is 0.953. The Hall–Kier alpha value is -1.65. The Morgan fingerprint density at radius 2 is 2.26 bits per heavy atom. The molecule has 1 aliphatic rings. The molecule has 0 aliphatic carbocycles. The molecular formula is C15H19N3O. The topological polar surface area (TPSA) is 52.1 Å². The number of β-amino-alcohol motifs (C(OH)–C–C–N with tert-alkyl or cyclic N) is 1. The van der Waals surface area contributed by atoms with E-state index in [0.29, 0.717) is 6.54 Å². The summed E-state index contributed by atoms with van der Waals surface area (Å²) in [4.78, 5) is 9.59. The van der Waals surface area contributed by atoms with Crippen molar-refractivity contribution in [3.8, 4) is 0 Å². The highest BCUT2D eigenvalue weighted by Crippen LogP contribution is 2.34. The first-order valence-corrected chi connectivity index (χ1v) is 6.66. The Morgan fingerprint density at radius 1 is 1.42 bits per heavy atom. The van der Waals surface area contributed by atoms with Crippen LogP contribution in [0.3, 0.4) is 0 Å². The molecule has 19 heavy (non-hydrogen) atoms. The summed E-state index contributed by atoms with van der Waals surface area (Å²) < 4.78 is 0. The zero-order chi connectivity index (χ0) is 13.3. The summed E-state index contributed by atoms with van der Waals surface area (Å²) in [6, 6.07) is 8.10. The Kier molecular flexibility index (Phi) is 3.12. The van der Waals surface area contributed by atoms with Gasteiger partial charge in [-0.2, -0.15) is 0 Å². The van der Waals surface area contributed by atoms with Gasteiger partial charge in [-0.25, -0.2) is 4.98 Å². The van der Waals surface area contributed by atoms with E-state index < -0.39 is 5.60 Å². The first-order valence-electron chi connectivity index (χ1n) is 6.66. The lowest BCUT2D eigenvalue weighted by atomic mass is 9.89. The molecule has 2 N–H and O–H groups in total. The van der Waals surface area contributed by atoms with Crippen LogP contribution >= 0.6 is 0 Å². The number of hydrogen-bond acceptors (Lipinski definition) is 3. The highest BCUT2D eigenvalue weighted by Gasteiger charge is 2.38. The fourth-order valence-corrected chi connectivity index (χ4v) is 2.92. The van der Waals surface area contributed by atoms with Crippen LogP contribution in [0, 0.1) is 6.92 Å². The van der Waals surface area contributed by atoms with Crippen molar-refractivity contribution >= 4 is 0 Å². The van der Waals surface area contributed by atoms with Crippen LogP contribution in [-0.4, -0.2) is 33.1 Å². The highest BCUT2D eigenvalue weighted by atomic mass is 16.3. The lowest BCUT2D eigenvalue weighted by Crippen LogP contribution is -2.31. The Labute approximate surface area is 113 Å². The Morgan fingerprint density at radius 3 is 3.00 bits per heavy atom. The molecule has 1 atom stereocenters. The van der Waals surface area contributed by atoms with E-state index in [1.807, 2.05) is 24.4 Å². The second-order valence-electron chi connectivity index (χ2n) is 5.34.